The lowest BCUT2D eigenvalue weighted by Crippen LogP contribution is -2.09. The molecule has 0 saturated heterocycles. The SMILES string of the molecule is CC.Fc1cc(C(F)(F)F)c(F)cc1NSc1c[nH]c(-c2cccc(C(F)(F)F)n2)c1. The lowest BCUT2D eigenvalue weighted by atomic mass is 10.2. The number of aromatic amines is 1. The van der Waals surface area contributed by atoms with Crippen LogP contribution in [0.1, 0.15) is 25.1 Å². The molecular weight excluding hydrogens is 454 g/mol. The standard InChI is InChI=1S/C17H9F8N3S.C2H6/c18-10-6-13(11(19)5-9(10)16(20,21)22)28-29-8-4-14(26-7-8)12-2-1-3-15(27-12)17(23,24)25;1-2/h1-7,26,28H;1-2H3. The molecule has 0 fully saturated rings. The molecule has 0 unspecified atom stereocenters. The molecule has 2 heterocycles. The molecule has 2 aromatic heterocycles. The van der Waals surface area contributed by atoms with Crippen molar-refractivity contribution in [3.63, 3.8) is 0 Å². The summed E-state index contributed by atoms with van der Waals surface area (Å²) in [6.45, 7) is 4.00. The van der Waals surface area contributed by atoms with E-state index in [9.17, 15) is 35.1 Å². The minimum absolute atomic E-state index is 0.00145. The highest BCUT2D eigenvalue weighted by atomic mass is 32.2. The Morgan fingerprint density at radius 1 is 0.903 bits per heavy atom. The third-order valence-corrected chi connectivity index (χ3v) is 4.41. The molecule has 12 heteroatoms. The number of alkyl halides is 6. The van der Waals surface area contributed by atoms with Crippen LogP contribution in [0.15, 0.2) is 47.5 Å². The van der Waals surface area contributed by atoms with Crippen molar-refractivity contribution in [1.29, 1.82) is 0 Å². The zero-order chi connectivity index (χ0) is 23.4. The highest BCUT2D eigenvalue weighted by Crippen LogP contribution is 2.35. The van der Waals surface area contributed by atoms with Gasteiger partial charge in [-0.15, -0.1) is 0 Å². The monoisotopic (exact) mass is 469 g/mol. The summed E-state index contributed by atoms with van der Waals surface area (Å²) in [5.74, 6) is -2.97. The summed E-state index contributed by atoms with van der Waals surface area (Å²) >= 11 is 0.716. The fourth-order valence-corrected chi connectivity index (χ4v) is 2.96. The molecule has 0 saturated carbocycles. The molecule has 1 aromatic carbocycles. The van der Waals surface area contributed by atoms with Crippen molar-refractivity contribution >= 4 is 17.6 Å². The summed E-state index contributed by atoms with van der Waals surface area (Å²) < 4.78 is 106. The molecule has 0 aliphatic rings. The first-order valence-electron chi connectivity index (χ1n) is 8.67. The summed E-state index contributed by atoms with van der Waals surface area (Å²) in [4.78, 5) is 6.53. The summed E-state index contributed by atoms with van der Waals surface area (Å²) in [6.07, 6.45) is -8.30. The zero-order valence-corrected chi connectivity index (χ0v) is 16.7. The normalized spacial score (nSPS) is 11.7. The van der Waals surface area contributed by atoms with E-state index in [0.29, 0.717) is 22.9 Å². The molecular formula is C19H15F8N3S. The highest BCUT2D eigenvalue weighted by molar-refractivity contribution is 8.00. The van der Waals surface area contributed by atoms with Crippen LogP contribution in [-0.2, 0) is 12.4 Å². The molecule has 0 aliphatic heterocycles. The van der Waals surface area contributed by atoms with E-state index in [0.717, 1.165) is 6.07 Å². The van der Waals surface area contributed by atoms with Crippen LogP contribution in [0.3, 0.4) is 0 Å². The van der Waals surface area contributed by atoms with Crippen molar-refractivity contribution in [3.05, 3.63) is 65.5 Å². The molecule has 3 rings (SSSR count). The van der Waals surface area contributed by atoms with E-state index in [1.165, 1.54) is 24.4 Å². The number of halogens is 8. The minimum atomic E-state index is -5.04. The fraction of sp³-hybridized carbons (Fsp3) is 0.211. The van der Waals surface area contributed by atoms with Crippen LogP contribution in [0.5, 0.6) is 0 Å². The largest absolute Gasteiger partial charge is 0.433 e. The zero-order valence-electron chi connectivity index (χ0n) is 15.9. The van der Waals surface area contributed by atoms with Crippen LogP contribution in [0.4, 0.5) is 40.8 Å². The Kier molecular flexibility index (Phi) is 7.58. The van der Waals surface area contributed by atoms with Gasteiger partial charge < -0.3 is 9.71 Å². The van der Waals surface area contributed by atoms with Crippen molar-refractivity contribution in [3.8, 4) is 11.4 Å². The van der Waals surface area contributed by atoms with Gasteiger partial charge in [0.25, 0.3) is 0 Å². The van der Waals surface area contributed by atoms with Crippen molar-refractivity contribution in [2.45, 2.75) is 31.1 Å². The number of rotatable bonds is 4. The van der Waals surface area contributed by atoms with Crippen molar-refractivity contribution in [1.82, 2.24) is 9.97 Å². The van der Waals surface area contributed by atoms with Gasteiger partial charge in [0.1, 0.15) is 17.3 Å². The molecule has 0 radical (unpaired) electrons. The number of H-pyrrole nitrogens is 1. The molecule has 3 nitrogen and oxygen atoms in total. The summed E-state index contributed by atoms with van der Waals surface area (Å²) in [7, 11) is 0. The summed E-state index contributed by atoms with van der Waals surface area (Å²) in [6, 6.07) is 5.12. The van der Waals surface area contributed by atoms with Crippen molar-refractivity contribution in [2.24, 2.45) is 0 Å². The molecule has 0 spiro atoms. The quantitative estimate of drug-likeness (QED) is 0.306. The van der Waals surface area contributed by atoms with E-state index in [1.807, 2.05) is 13.8 Å². The predicted octanol–water partition coefficient (Wildman–Crippen LogP) is 7.54. The number of benzene rings is 1. The van der Waals surface area contributed by atoms with Crippen LogP contribution in [0, 0.1) is 11.6 Å². The van der Waals surface area contributed by atoms with Gasteiger partial charge >= 0.3 is 12.4 Å². The number of hydrogen-bond donors (Lipinski definition) is 2. The first kappa shape index (κ1) is 24.5. The molecule has 0 atom stereocenters. The van der Waals surface area contributed by atoms with Gasteiger partial charge in [0.15, 0.2) is 0 Å². The van der Waals surface area contributed by atoms with Crippen LogP contribution in [0.25, 0.3) is 11.4 Å². The van der Waals surface area contributed by atoms with Gasteiger partial charge in [-0.1, -0.05) is 19.9 Å². The second-order valence-corrected chi connectivity index (χ2v) is 6.55. The molecule has 31 heavy (non-hydrogen) atoms. The van der Waals surface area contributed by atoms with Crippen LogP contribution < -0.4 is 4.72 Å². The maximum Gasteiger partial charge on any atom is 0.433 e. The average Bonchev–Trinajstić information content (AvgIpc) is 3.17. The van der Waals surface area contributed by atoms with Gasteiger partial charge in [0, 0.05) is 17.2 Å². The molecule has 168 valence electrons. The van der Waals surface area contributed by atoms with Gasteiger partial charge in [-0.2, -0.15) is 26.3 Å². The fourth-order valence-electron chi connectivity index (χ4n) is 2.28. The second kappa shape index (κ2) is 9.58. The Labute approximate surface area is 176 Å². The first-order valence-corrected chi connectivity index (χ1v) is 9.49. The van der Waals surface area contributed by atoms with E-state index >= 15 is 0 Å². The summed E-state index contributed by atoms with van der Waals surface area (Å²) in [5.41, 5.74) is -3.12. The third-order valence-electron chi connectivity index (χ3n) is 3.61. The molecule has 2 N–H and O–H groups in total. The highest BCUT2D eigenvalue weighted by Gasteiger charge is 2.35. The second-order valence-electron chi connectivity index (χ2n) is 5.67. The smallest absolute Gasteiger partial charge is 0.359 e. The maximum absolute atomic E-state index is 13.8. The number of aromatic nitrogens is 2. The number of anilines is 1. The molecule has 0 bridgehead atoms. The van der Waals surface area contributed by atoms with Crippen molar-refractivity contribution < 1.29 is 35.1 Å². The lowest BCUT2D eigenvalue weighted by Gasteiger charge is -2.11. The Balaban J connectivity index is 0.00000166. The number of nitrogens with one attached hydrogen (secondary N) is 2. The first-order chi connectivity index (χ1) is 14.4. The van der Waals surface area contributed by atoms with Gasteiger partial charge in [-0.3, -0.25) is 0 Å². The number of pyridine rings is 1. The maximum atomic E-state index is 13.8. The van der Waals surface area contributed by atoms with E-state index in [4.69, 9.17) is 0 Å². The number of hydrogen-bond acceptors (Lipinski definition) is 3. The Bertz CT molecular complexity index is 1030. The topological polar surface area (TPSA) is 40.7 Å². The average molecular weight is 469 g/mol. The molecule has 0 amide bonds. The molecule has 3 aromatic rings. The van der Waals surface area contributed by atoms with Gasteiger partial charge in [0.2, 0.25) is 0 Å². The lowest BCUT2D eigenvalue weighted by molar-refractivity contribution is -0.141. The van der Waals surface area contributed by atoms with Crippen molar-refractivity contribution in [2.75, 3.05) is 4.72 Å². The van der Waals surface area contributed by atoms with E-state index < -0.39 is 40.9 Å². The Hall–Kier alpha value is -2.76. The summed E-state index contributed by atoms with van der Waals surface area (Å²) in [5, 5.41) is 0. The Morgan fingerprint density at radius 3 is 2.19 bits per heavy atom. The van der Waals surface area contributed by atoms with Gasteiger partial charge in [-0.05, 0) is 36.2 Å². The third kappa shape index (κ3) is 6.12. The van der Waals surface area contributed by atoms with Crippen LogP contribution in [-0.4, -0.2) is 9.97 Å². The minimum Gasteiger partial charge on any atom is -0.359 e. The van der Waals surface area contributed by atoms with Gasteiger partial charge in [-0.25, -0.2) is 13.8 Å². The van der Waals surface area contributed by atoms with E-state index in [-0.39, 0.29) is 17.5 Å². The Morgan fingerprint density at radius 2 is 1.58 bits per heavy atom. The van der Waals surface area contributed by atoms with E-state index in [2.05, 4.69) is 14.7 Å². The van der Waals surface area contributed by atoms with E-state index in [1.54, 1.807) is 0 Å². The molecule has 0 aliphatic carbocycles. The van der Waals surface area contributed by atoms with Crippen LogP contribution in [0.2, 0.25) is 0 Å². The number of nitrogens with zero attached hydrogens (tertiary/aromatic N) is 1. The van der Waals surface area contributed by atoms with Crippen LogP contribution >= 0.6 is 11.9 Å². The van der Waals surface area contributed by atoms with Gasteiger partial charge in [0.05, 0.1) is 22.6 Å². The predicted molar refractivity (Wildman–Crippen MR) is 101 cm³/mol.